The number of anilines is 1. The Morgan fingerprint density at radius 1 is 1.67 bits per heavy atom. The maximum absolute atomic E-state index is 11.9. The van der Waals surface area contributed by atoms with Crippen molar-refractivity contribution in [2.45, 2.75) is 38.3 Å². The molecule has 2 rings (SSSR count). The Morgan fingerprint density at radius 2 is 2.50 bits per heavy atom. The molecule has 1 aromatic heterocycles. The minimum Gasteiger partial charge on any atom is -0.378 e. The van der Waals surface area contributed by atoms with Crippen LogP contribution in [0, 0.1) is 0 Å². The predicted octanol–water partition coefficient (Wildman–Crippen LogP) is 0.776. The van der Waals surface area contributed by atoms with Crippen LogP contribution in [0.4, 0.5) is 5.82 Å². The van der Waals surface area contributed by atoms with Gasteiger partial charge in [0.25, 0.3) is 0 Å². The van der Waals surface area contributed by atoms with Gasteiger partial charge in [-0.2, -0.15) is 5.10 Å². The fraction of sp³-hybridized carbons (Fsp3) is 0.667. The van der Waals surface area contributed by atoms with E-state index in [9.17, 15) is 4.79 Å². The van der Waals surface area contributed by atoms with Crippen molar-refractivity contribution in [2.24, 2.45) is 12.8 Å². The number of nitrogens with two attached hydrogens (primary N) is 1. The summed E-state index contributed by atoms with van der Waals surface area (Å²) in [4.78, 5) is 11.9. The highest BCUT2D eigenvalue weighted by Crippen LogP contribution is 2.17. The molecule has 6 heteroatoms. The van der Waals surface area contributed by atoms with Gasteiger partial charge in [0.1, 0.15) is 0 Å². The van der Waals surface area contributed by atoms with Crippen LogP contribution < -0.4 is 11.1 Å². The summed E-state index contributed by atoms with van der Waals surface area (Å²) in [6.45, 7) is 1.12. The lowest BCUT2D eigenvalue weighted by atomic mass is 10.1. The number of hydrogen-bond donors (Lipinski definition) is 2. The third-order valence-corrected chi connectivity index (χ3v) is 3.07. The number of nitrogens with zero attached hydrogens (tertiary/aromatic N) is 2. The highest BCUT2D eigenvalue weighted by Gasteiger charge is 2.18. The predicted molar refractivity (Wildman–Crippen MR) is 67.9 cm³/mol. The second-order valence-corrected chi connectivity index (χ2v) is 4.62. The molecule has 1 aromatic rings. The van der Waals surface area contributed by atoms with Crippen LogP contribution >= 0.6 is 0 Å². The van der Waals surface area contributed by atoms with Crippen molar-refractivity contribution >= 4 is 11.7 Å². The van der Waals surface area contributed by atoms with Gasteiger partial charge >= 0.3 is 0 Å². The SMILES string of the molecule is Cn1cc(CN)c(NC(=O)CC2CCCCO2)n1. The largest absolute Gasteiger partial charge is 0.378 e. The van der Waals surface area contributed by atoms with Gasteiger partial charge in [-0.3, -0.25) is 9.48 Å². The Labute approximate surface area is 106 Å². The molecule has 2 heterocycles. The van der Waals surface area contributed by atoms with Crippen molar-refractivity contribution in [2.75, 3.05) is 11.9 Å². The number of aryl methyl sites for hydroxylation is 1. The van der Waals surface area contributed by atoms with E-state index in [4.69, 9.17) is 10.5 Å². The van der Waals surface area contributed by atoms with Crippen LogP contribution in [0.1, 0.15) is 31.2 Å². The number of ether oxygens (including phenoxy) is 1. The number of carbonyl (C=O) groups is 1. The number of rotatable bonds is 4. The van der Waals surface area contributed by atoms with Gasteiger partial charge in [-0.1, -0.05) is 0 Å². The van der Waals surface area contributed by atoms with Gasteiger partial charge in [0.15, 0.2) is 5.82 Å². The minimum atomic E-state index is -0.0599. The van der Waals surface area contributed by atoms with Gasteiger partial charge in [0, 0.05) is 32.0 Å². The minimum absolute atomic E-state index is 0.0452. The second-order valence-electron chi connectivity index (χ2n) is 4.62. The summed E-state index contributed by atoms with van der Waals surface area (Å²) in [7, 11) is 1.80. The van der Waals surface area contributed by atoms with Crippen LogP contribution in [0.15, 0.2) is 6.20 Å². The first-order valence-electron chi connectivity index (χ1n) is 6.33. The van der Waals surface area contributed by atoms with E-state index in [1.54, 1.807) is 11.7 Å². The number of aromatic nitrogens is 2. The topological polar surface area (TPSA) is 82.2 Å². The first-order valence-corrected chi connectivity index (χ1v) is 6.33. The maximum atomic E-state index is 11.9. The standard InChI is InChI=1S/C12H20N4O2/c1-16-8-9(7-13)12(15-16)14-11(17)6-10-4-2-3-5-18-10/h8,10H,2-7,13H2,1H3,(H,14,15,17). The summed E-state index contributed by atoms with van der Waals surface area (Å²) in [5.74, 6) is 0.496. The van der Waals surface area contributed by atoms with E-state index in [1.165, 1.54) is 0 Å². The van der Waals surface area contributed by atoms with Crippen molar-refractivity contribution in [3.63, 3.8) is 0 Å². The zero-order valence-electron chi connectivity index (χ0n) is 10.7. The van der Waals surface area contributed by atoms with E-state index in [-0.39, 0.29) is 12.0 Å². The third kappa shape index (κ3) is 3.30. The van der Waals surface area contributed by atoms with Crippen LogP contribution in [0.3, 0.4) is 0 Å². The smallest absolute Gasteiger partial charge is 0.228 e. The maximum Gasteiger partial charge on any atom is 0.228 e. The van der Waals surface area contributed by atoms with E-state index in [0.717, 1.165) is 31.4 Å². The zero-order valence-corrected chi connectivity index (χ0v) is 10.7. The van der Waals surface area contributed by atoms with Crippen LogP contribution in [0.5, 0.6) is 0 Å². The van der Waals surface area contributed by atoms with Gasteiger partial charge in [-0.15, -0.1) is 0 Å². The molecule has 1 aliphatic rings. The lowest BCUT2D eigenvalue weighted by Crippen LogP contribution is -2.26. The Hall–Kier alpha value is -1.40. The van der Waals surface area contributed by atoms with E-state index >= 15 is 0 Å². The molecule has 0 aliphatic carbocycles. The molecule has 0 saturated carbocycles. The van der Waals surface area contributed by atoms with Crippen molar-refractivity contribution in [3.8, 4) is 0 Å². The Morgan fingerprint density at radius 3 is 3.17 bits per heavy atom. The zero-order chi connectivity index (χ0) is 13.0. The molecule has 18 heavy (non-hydrogen) atoms. The Bertz CT molecular complexity index is 410. The molecule has 0 spiro atoms. The summed E-state index contributed by atoms with van der Waals surface area (Å²) in [6.07, 6.45) is 5.43. The molecule has 1 atom stereocenters. The summed E-state index contributed by atoms with van der Waals surface area (Å²) in [6, 6.07) is 0. The van der Waals surface area contributed by atoms with E-state index in [2.05, 4.69) is 10.4 Å². The Kier molecular flexibility index (Phi) is 4.33. The second kappa shape index (κ2) is 5.97. The molecular weight excluding hydrogens is 232 g/mol. The Balaban J connectivity index is 1.89. The summed E-state index contributed by atoms with van der Waals surface area (Å²) in [5, 5.41) is 6.98. The van der Waals surface area contributed by atoms with Crippen LogP contribution in [0.2, 0.25) is 0 Å². The molecule has 0 aromatic carbocycles. The van der Waals surface area contributed by atoms with Gasteiger partial charge in [0.05, 0.1) is 12.5 Å². The highest BCUT2D eigenvalue weighted by molar-refractivity contribution is 5.90. The molecule has 3 N–H and O–H groups in total. The van der Waals surface area contributed by atoms with Crippen LogP contribution in [-0.4, -0.2) is 28.4 Å². The van der Waals surface area contributed by atoms with Crippen LogP contribution in [0.25, 0.3) is 0 Å². The molecular formula is C12H20N4O2. The van der Waals surface area contributed by atoms with E-state index in [0.29, 0.717) is 18.8 Å². The summed E-state index contributed by atoms with van der Waals surface area (Å²) < 4.78 is 7.18. The quantitative estimate of drug-likeness (QED) is 0.829. The molecule has 0 radical (unpaired) electrons. The molecule has 1 fully saturated rings. The first kappa shape index (κ1) is 13.0. The van der Waals surface area contributed by atoms with Crippen molar-refractivity contribution in [1.82, 2.24) is 9.78 Å². The van der Waals surface area contributed by atoms with Gasteiger partial charge < -0.3 is 15.8 Å². The van der Waals surface area contributed by atoms with E-state index in [1.807, 2.05) is 6.20 Å². The highest BCUT2D eigenvalue weighted by atomic mass is 16.5. The molecule has 100 valence electrons. The van der Waals surface area contributed by atoms with Crippen molar-refractivity contribution in [1.29, 1.82) is 0 Å². The molecule has 0 bridgehead atoms. The first-order chi connectivity index (χ1) is 8.69. The normalized spacial score (nSPS) is 19.8. The van der Waals surface area contributed by atoms with Gasteiger partial charge in [-0.05, 0) is 19.3 Å². The van der Waals surface area contributed by atoms with Gasteiger partial charge in [-0.25, -0.2) is 0 Å². The van der Waals surface area contributed by atoms with Crippen LogP contribution in [-0.2, 0) is 23.1 Å². The lowest BCUT2D eigenvalue weighted by molar-refractivity contribution is -0.119. The number of hydrogen-bond acceptors (Lipinski definition) is 4. The third-order valence-electron chi connectivity index (χ3n) is 3.07. The van der Waals surface area contributed by atoms with E-state index < -0.39 is 0 Å². The number of amides is 1. The molecule has 1 amide bonds. The molecule has 6 nitrogen and oxygen atoms in total. The molecule has 1 aliphatic heterocycles. The summed E-state index contributed by atoms with van der Waals surface area (Å²) >= 11 is 0. The average molecular weight is 252 g/mol. The monoisotopic (exact) mass is 252 g/mol. The van der Waals surface area contributed by atoms with Crippen molar-refractivity contribution in [3.05, 3.63) is 11.8 Å². The molecule has 1 unspecified atom stereocenters. The fourth-order valence-corrected chi connectivity index (χ4v) is 2.15. The summed E-state index contributed by atoms with van der Waals surface area (Å²) in [5.41, 5.74) is 6.44. The average Bonchev–Trinajstić information content (AvgIpc) is 2.70. The number of carbonyl (C=O) groups excluding carboxylic acids is 1. The van der Waals surface area contributed by atoms with Gasteiger partial charge in [0.2, 0.25) is 5.91 Å². The lowest BCUT2D eigenvalue weighted by Gasteiger charge is -2.21. The van der Waals surface area contributed by atoms with Crippen molar-refractivity contribution < 1.29 is 9.53 Å². The fourth-order valence-electron chi connectivity index (χ4n) is 2.15. The molecule has 1 saturated heterocycles. The number of nitrogens with one attached hydrogen (secondary N) is 1.